The molecule has 0 saturated carbocycles. The van der Waals surface area contributed by atoms with Crippen LogP contribution < -0.4 is 5.32 Å². The number of hydrogen-bond donors (Lipinski definition) is 1. The molecule has 0 aliphatic heterocycles. The van der Waals surface area contributed by atoms with Gasteiger partial charge in [-0.3, -0.25) is 0 Å². The van der Waals surface area contributed by atoms with Crippen LogP contribution in [-0.2, 0) is 6.54 Å². The van der Waals surface area contributed by atoms with Crippen LogP contribution in [0.15, 0.2) is 45.5 Å². The summed E-state index contributed by atoms with van der Waals surface area (Å²) in [5.74, 6) is 0.929. The second-order valence-electron chi connectivity index (χ2n) is 4.73. The first kappa shape index (κ1) is 14.7. The predicted molar refractivity (Wildman–Crippen MR) is 78.7 cm³/mol. The molecule has 0 radical (unpaired) electrons. The molecule has 2 heterocycles. The van der Waals surface area contributed by atoms with Crippen molar-refractivity contribution in [1.29, 1.82) is 0 Å². The third kappa shape index (κ3) is 3.03. The van der Waals surface area contributed by atoms with Crippen molar-refractivity contribution in [1.82, 2.24) is 15.5 Å². The molecule has 0 saturated heterocycles. The summed E-state index contributed by atoms with van der Waals surface area (Å²) in [6, 6.07) is 7.78. The number of halogens is 2. The molecule has 0 fully saturated rings. The molecule has 0 spiro atoms. The van der Waals surface area contributed by atoms with E-state index in [0.717, 1.165) is 0 Å². The van der Waals surface area contributed by atoms with E-state index < -0.39 is 0 Å². The van der Waals surface area contributed by atoms with E-state index in [1.54, 1.807) is 24.3 Å². The third-order valence-electron chi connectivity index (χ3n) is 3.20. The number of nitrogens with one attached hydrogen (secondary N) is 1. The van der Waals surface area contributed by atoms with E-state index in [0.29, 0.717) is 34.6 Å². The molecule has 22 heavy (non-hydrogen) atoms. The van der Waals surface area contributed by atoms with Gasteiger partial charge in [0.1, 0.15) is 5.82 Å². The Labute approximate surface area is 131 Å². The van der Waals surface area contributed by atoms with Gasteiger partial charge in [-0.25, -0.2) is 4.39 Å². The maximum atomic E-state index is 13.8. The lowest BCUT2D eigenvalue weighted by atomic mass is 10.1. The summed E-state index contributed by atoms with van der Waals surface area (Å²) in [5, 5.41) is 7.31. The zero-order valence-corrected chi connectivity index (χ0v) is 12.5. The molecular weight excluding hydrogens is 309 g/mol. The van der Waals surface area contributed by atoms with Gasteiger partial charge in [0, 0.05) is 16.6 Å². The summed E-state index contributed by atoms with van der Waals surface area (Å²) in [4.78, 5) is 4.20. The number of rotatable bonds is 5. The Morgan fingerprint density at radius 2 is 2.18 bits per heavy atom. The Morgan fingerprint density at radius 1 is 1.32 bits per heavy atom. The molecule has 5 nitrogen and oxygen atoms in total. The van der Waals surface area contributed by atoms with Gasteiger partial charge in [-0.2, -0.15) is 4.98 Å². The molecule has 0 aliphatic carbocycles. The maximum Gasteiger partial charge on any atom is 0.241 e. The van der Waals surface area contributed by atoms with Crippen LogP contribution >= 0.6 is 11.6 Å². The van der Waals surface area contributed by atoms with Gasteiger partial charge < -0.3 is 14.3 Å². The molecule has 1 N–H and O–H groups in total. The molecule has 1 aromatic carbocycles. The van der Waals surface area contributed by atoms with Crippen molar-refractivity contribution in [2.24, 2.45) is 0 Å². The lowest BCUT2D eigenvalue weighted by Crippen LogP contribution is -2.19. The van der Waals surface area contributed by atoms with Crippen LogP contribution in [0.2, 0.25) is 5.02 Å². The number of nitrogens with zero attached hydrogens (tertiary/aromatic N) is 2. The Balaban J connectivity index is 1.68. The highest BCUT2D eigenvalue weighted by Gasteiger charge is 2.16. The van der Waals surface area contributed by atoms with Crippen LogP contribution in [0.3, 0.4) is 0 Å². The minimum atomic E-state index is -0.352. The van der Waals surface area contributed by atoms with Crippen LogP contribution in [0.5, 0.6) is 0 Å². The molecule has 114 valence electrons. The van der Waals surface area contributed by atoms with Gasteiger partial charge in [-0.1, -0.05) is 22.8 Å². The van der Waals surface area contributed by atoms with Crippen LogP contribution in [0.1, 0.15) is 24.4 Å². The summed E-state index contributed by atoms with van der Waals surface area (Å²) in [5.41, 5.74) is 0.412. The molecule has 0 bridgehead atoms. The molecule has 2 aromatic heterocycles. The first-order valence-corrected chi connectivity index (χ1v) is 7.06. The molecule has 3 aromatic rings. The maximum absolute atomic E-state index is 13.8. The standard InChI is InChI=1S/C15H13ClFN3O2/c1-9(14-10(16)4-2-5-11(14)17)18-8-13-19-15(20-22-13)12-6-3-7-21-12/h2-7,9,18H,8H2,1H3/t9-/m1/s1. The minimum absolute atomic E-state index is 0.291. The summed E-state index contributed by atoms with van der Waals surface area (Å²) in [7, 11) is 0. The monoisotopic (exact) mass is 321 g/mol. The molecular formula is C15H13ClFN3O2. The lowest BCUT2D eigenvalue weighted by molar-refractivity contribution is 0.358. The normalized spacial score (nSPS) is 12.5. The molecule has 1 atom stereocenters. The Morgan fingerprint density at radius 3 is 2.91 bits per heavy atom. The quantitative estimate of drug-likeness (QED) is 0.770. The number of furan rings is 1. The minimum Gasteiger partial charge on any atom is -0.461 e. The van der Waals surface area contributed by atoms with Crippen LogP contribution in [-0.4, -0.2) is 10.1 Å². The van der Waals surface area contributed by atoms with Gasteiger partial charge in [-0.15, -0.1) is 0 Å². The van der Waals surface area contributed by atoms with Gasteiger partial charge in [0.2, 0.25) is 11.7 Å². The van der Waals surface area contributed by atoms with E-state index in [1.165, 1.54) is 12.3 Å². The van der Waals surface area contributed by atoms with E-state index in [-0.39, 0.29) is 11.9 Å². The highest BCUT2D eigenvalue weighted by molar-refractivity contribution is 6.31. The zero-order valence-electron chi connectivity index (χ0n) is 11.7. The Bertz CT molecular complexity index is 738. The summed E-state index contributed by atoms with van der Waals surface area (Å²) < 4.78 is 24.1. The molecule has 0 amide bonds. The largest absolute Gasteiger partial charge is 0.461 e. The third-order valence-corrected chi connectivity index (χ3v) is 3.53. The highest BCUT2D eigenvalue weighted by atomic mass is 35.5. The van der Waals surface area contributed by atoms with Gasteiger partial charge in [0.25, 0.3) is 0 Å². The average molecular weight is 322 g/mol. The SMILES string of the molecule is C[C@@H](NCc1nc(-c2ccco2)no1)c1c(F)cccc1Cl. The second-order valence-corrected chi connectivity index (χ2v) is 5.13. The smallest absolute Gasteiger partial charge is 0.241 e. The first-order valence-electron chi connectivity index (χ1n) is 6.69. The highest BCUT2D eigenvalue weighted by Crippen LogP contribution is 2.25. The van der Waals surface area contributed by atoms with Crippen molar-refractivity contribution in [3.8, 4) is 11.6 Å². The number of benzene rings is 1. The van der Waals surface area contributed by atoms with E-state index in [2.05, 4.69) is 15.5 Å². The number of aromatic nitrogens is 2. The van der Waals surface area contributed by atoms with Crippen molar-refractivity contribution >= 4 is 11.6 Å². The summed E-state index contributed by atoms with van der Waals surface area (Å²) in [6.45, 7) is 2.10. The lowest BCUT2D eigenvalue weighted by Gasteiger charge is -2.15. The summed E-state index contributed by atoms with van der Waals surface area (Å²) in [6.07, 6.45) is 1.53. The van der Waals surface area contributed by atoms with Gasteiger partial charge >= 0.3 is 0 Å². The van der Waals surface area contributed by atoms with E-state index in [9.17, 15) is 4.39 Å². The van der Waals surface area contributed by atoms with Crippen molar-refractivity contribution in [3.05, 3.63) is 58.9 Å². The topological polar surface area (TPSA) is 64.1 Å². The average Bonchev–Trinajstić information content (AvgIpc) is 3.16. The Kier molecular flexibility index (Phi) is 4.22. The van der Waals surface area contributed by atoms with Crippen LogP contribution in [0, 0.1) is 5.82 Å². The van der Waals surface area contributed by atoms with Gasteiger partial charge in [0.05, 0.1) is 12.8 Å². The van der Waals surface area contributed by atoms with E-state index >= 15 is 0 Å². The van der Waals surface area contributed by atoms with Crippen molar-refractivity contribution in [2.45, 2.75) is 19.5 Å². The van der Waals surface area contributed by atoms with Crippen molar-refractivity contribution in [2.75, 3.05) is 0 Å². The molecule has 7 heteroatoms. The van der Waals surface area contributed by atoms with Crippen LogP contribution in [0.25, 0.3) is 11.6 Å². The predicted octanol–water partition coefficient (Wildman–Crippen LogP) is 3.97. The van der Waals surface area contributed by atoms with Crippen molar-refractivity contribution in [3.63, 3.8) is 0 Å². The molecule has 0 aliphatic rings. The second kappa shape index (κ2) is 6.29. The van der Waals surface area contributed by atoms with E-state index in [4.69, 9.17) is 20.5 Å². The first-order chi connectivity index (χ1) is 10.6. The summed E-state index contributed by atoms with van der Waals surface area (Å²) >= 11 is 6.03. The van der Waals surface area contributed by atoms with Crippen LogP contribution in [0.4, 0.5) is 4.39 Å². The van der Waals surface area contributed by atoms with Crippen molar-refractivity contribution < 1.29 is 13.3 Å². The van der Waals surface area contributed by atoms with Gasteiger partial charge in [0.15, 0.2) is 5.76 Å². The van der Waals surface area contributed by atoms with Gasteiger partial charge in [-0.05, 0) is 31.2 Å². The molecule has 3 rings (SSSR count). The number of hydrogen-bond acceptors (Lipinski definition) is 5. The fourth-order valence-corrected chi connectivity index (χ4v) is 2.43. The molecule has 0 unspecified atom stereocenters. The Hall–Kier alpha value is -2.18. The van der Waals surface area contributed by atoms with E-state index in [1.807, 2.05) is 6.92 Å². The fraction of sp³-hybridized carbons (Fsp3) is 0.200. The fourth-order valence-electron chi connectivity index (χ4n) is 2.10. The zero-order chi connectivity index (χ0) is 15.5.